The first-order valence-corrected chi connectivity index (χ1v) is 15.6. The predicted octanol–water partition coefficient (Wildman–Crippen LogP) is 5.69. The number of amides is 2. The quantitative estimate of drug-likeness (QED) is 0.182. The summed E-state index contributed by atoms with van der Waals surface area (Å²) < 4.78 is 11.4. The monoisotopic (exact) mass is 618 g/mol. The van der Waals surface area contributed by atoms with E-state index in [1.54, 1.807) is 24.3 Å². The molecular formula is C38H38N2O6. The molecular weight excluding hydrogens is 580 g/mol. The van der Waals surface area contributed by atoms with Crippen LogP contribution >= 0.6 is 0 Å². The number of nitrogens with one attached hydrogen (secondary N) is 1. The summed E-state index contributed by atoms with van der Waals surface area (Å²) in [6, 6.07) is 33.9. The van der Waals surface area contributed by atoms with Gasteiger partial charge in [-0.1, -0.05) is 91.0 Å². The lowest BCUT2D eigenvalue weighted by molar-refractivity contribution is -0.154. The molecule has 2 amide bonds. The summed E-state index contributed by atoms with van der Waals surface area (Å²) in [7, 11) is 0. The Morgan fingerprint density at radius 1 is 0.717 bits per heavy atom. The molecule has 1 aliphatic rings. The van der Waals surface area contributed by atoms with E-state index in [0.717, 1.165) is 16.7 Å². The molecule has 236 valence electrons. The van der Waals surface area contributed by atoms with Gasteiger partial charge in [-0.2, -0.15) is 0 Å². The molecule has 46 heavy (non-hydrogen) atoms. The molecule has 1 aliphatic heterocycles. The molecule has 2 atom stereocenters. The van der Waals surface area contributed by atoms with E-state index < -0.39 is 18.1 Å². The molecule has 8 heteroatoms. The zero-order chi connectivity index (χ0) is 32.1. The number of carbonyl (C=O) groups excluding carboxylic acids is 4. The molecule has 1 fully saturated rings. The highest BCUT2D eigenvalue weighted by atomic mass is 16.5. The smallest absolute Gasteiger partial charge is 0.329 e. The van der Waals surface area contributed by atoms with E-state index in [1.165, 1.54) is 4.90 Å². The number of ether oxygens (including phenoxy) is 2. The summed E-state index contributed by atoms with van der Waals surface area (Å²) in [5.41, 5.74) is 3.20. The van der Waals surface area contributed by atoms with Crippen LogP contribution in [0.1, 0.15) is 52.7 Å². The van der Waals surface area contributed by atoms with Crippen molar-refractivity contribution in [3.8, 4) is 5.75 Å². The molecule has 0 radical (unpaired) electrons. The number of hydrogen-bond acceptors (Lipinski definition) is 6. The van der Waals surface area contributed by atoms with Crippen LogP contribution in [-0.2, 0) is 38.8 Å². The minimum Gasteiger partial charge on any atom is -0.489 e. The Morgan fingerprint density at radius 2 is 1.33 bits per heavy atom. The van der Waals surface area contributed by atoms with Crippen LogP contribution in [0.5, 0.6) is 5.75 Å². The second kappa shape index (κ2) is 16.2. The van der Waals surface area contributed by atoms with Crippen molar-refractivity contribution < 1.29 is 28.7 Å². The first-order chi connectivity index (χ1) is 22.5. The van der Waals surface area contributed by atoms with Crippen molar-refractivity contribution in [2.24, 2.45) is 0 Å². The van der Waals surface area contributed by atoms with Gasteiger partial charge in [-0.05, 0) is 60.2 Å². The fourth-order valence-corrected chi connectivity index (χ4v) is 5.46. The van der Waals surface area contributed by atoms with E-state index in [-0.39, 0.29) is 43.5 Å². The summed E-state index contributed by atoms with van der Waals surface area (Å²) >= 11 is 0. The van der Waals surface area contributed by atoms with Crippen LogP contribution in [-0.4, -0.2) is 47.1 Å². The number of hydrogen-bond donors (Lipinski definition) is 1. The van der Waals surface area contributed by atoms with Crippen LogP contribution in [0.3, 0.4) is 0 Å². The molecule has 0 bridgehead atoms. The lowest BCUT2D eigenvalue weighted by Crippen LogP contribution is -2.44. The van der Waals surface area contributed by atoms with E-state index in [0.29, 0.717) is 37.3 Å². The van der Waals surface area contributed by atoms with E-state index >= 15 is 0 Å². The van der Waals surface area contributed by atoms with Gasteiger partial charge in [-0.15, -0.1) is 0 Å². The fourth-order valence-electron chi connectivity index (χ4n) is 5.46. The maximum atomic E-state index is 13.5. The second-order valence-corrected chi connectivity index (χ2v) is 11.3. The molecule has 1 heterocycles. The van der Waals surface area contributed by atoms with Crippen molar-refractivity contribution in [3.05, 3.63) is 138 Å². The Kier molecular flexibility index (Phi) is 11.3. The molecule has 0 aromatic heterocycles. The van der Waals surface area contributed by atoms with Crippen LogP contribution in [0.15, 0.2) is 115 Å². The number of benzene rings is 4. The second-order valence-electron chi connectivity index (χ2n) is 11.3. The average molecular weight is 619 g/mol. The van der Waals surface area contributed by atoms with Gasteiger partial charge in [0.15, 0.2) is 5.78 Å². The number of esters is 1. The minimum absolute atomic E-state index is 0.0642. The number of carbonyl (C=O) groups is 4. The SMILES string of the molecule is O=C(NC(Cc1ccc(OCc2ccccc2)cc1)C(=O)CCC(=O)N1CCC[C@H]1C(=O)OCc1ccccc1)c1ccccc1. The lowest BCUT2D eigenvalue weighted by Gasteiger charge is -2.24. The molecule has 0 aliphatic carbocycles. The van der Waals surface area contributed by atoms with Gasteiger partial charge >= 0.3 is 5.97 Å². The number of ketones is 1. The molecule has 4 aromatic carbocycles. The molecule has 1 saturated heterocycles. The van der Waals surface area contributed by atoms with Crippen molar-refractivity contribution in [1.82, 2.24) is 10.2 Å². The highest BCUT2D eigenvalue weighted by Crippen LogP contribution is 2.22. The number of likely N-dealkylation sites (tertiary alicyclic amines) is 1. The van der Waals surface area contributed by atoms with Gasteiger partial charge in [0.25, 0.3) is 5.91 Å². The number of Topliss-reactive ketones (excluding diaryl/α,β-unsaturated/α-hetero) is 1. The fraction of sp³-hybridized carbons (Fsp3) is 0.263. The molecule has 1 N–H and O–H groups in total. The maximum Gasteiger partial charge on any atom is 0.329 e. The molecule has 4 aromatic rings. The van der Waals surface area contributed by atoms with Crippen LogP contribution in [0.4, 0.5) is 0 Å². The first-order valence-electron chi connectivity index (χ1n) is 15.6. The Morgan fingerprint density at radius 3 is 1.98 bits per heavy atom. The Bertz CT molecular complexity index is 1590. The molecule has 0 spiro atoms. The van der Waals surface area contributed by atoms with Crippen molar-refractivity contribution in [2.75, 3.05) is 6.54 Å². The average Bonchev–Trinajstić information content (AvgIpc) is 3.61. The van der Waals surface area contributed by atoms with Crippen LogP contribution < -0.4 is 10.1 Å². The third-order valence-electron chi connectivity index (χ3n) is 8.00. The normalized spacial score (nSPS) is 14.7. The largest absolute Gasteiger partial charge is 0.489 e. The minimum atomic E-state index is -0.846. The predicted molar refractivity (Wildman–Crippen MR) is 174 cm³/mol. The van der Waals surface area contributed by atoms with Gasteiger partial charge in [0.05, 0.1) is 6.04 Å². The first kappa shape index (κ1) is 32.2. The lowest BCUT2D eigenvalue weighted by atomic mass is 9.98. The zero-order valence-electron chi connectivity index (χ0n) is 25.7. The maximum absolute atomic E-state index is 13.5. The molecule has 8 nitrogen and oxygen atoms in total. The summed E-state index contributed by atoms with van der Waals surface area (Å²) in [6.45, 7) is 1.01. The van der Waals surface area contributed by atoms with Crippen molar-refractivity contribution in [1.29, 1.82) is 0 Å². The molecule has 1 unspecified atom stereocenters. The van der Waals surface area contributed by atoms with Crippen LogP contribution in [0.25, 0.3) is 0 Å². The van der Waals surface area contributed by atoms with Gasteiger partial charge in [-0.25, -0.2) is 4.79 Å². The third-order valence-corrected chi connectivity index (χ3v) is 8.00. The van der Waals surface area contributed by atoms with Crippen molar-refractivity contribution in [3.63, 3.8) is 0 Å². The van der Waals surface area contributed by atoms with E-state index in [2.05, 4.69) is 5.32 Å². The summed E-state index contributed by atoms with van der Waals surface area (Å²) in [5.74, 6) is -0.652. The Balaban J connectivity index is 1.19. The van der Waals surface area contributed by atoms with E-state index in [1.807, 2.05) is 91.0 Å². The highest BCUT2D eigenvalue weighted by Gasteiger charge is 2.35. The topological polar surface area (TPSA) is 102 Å². The van der Waals surface area contributed by atoms with Crippen LogP contribution in [0, 0.1) is 0 Å². The summed E-state index contributed by atoms with van der Waals surface area (Å²) in [6.07, 6.45) is 1.33. The molecule has 0 saturated carbocycles. The van der Waals surface area contributed by atoms with Crippen molar-refractivity contribution in [2.45, 2.75) is 57.4 Å². The summed E-state index contributed by atoms with van der Waals surface area (Å²) in [4.78, 5) is 54.2. The van der Waals surface area contributed by atoms with Gasteiger partial charge in [0.2, 0.25) is 5.91 Å². The number of rotatable bonds is 14. The van der Waals surface area contributed by atoms with Gasteiger partial charge in [0, 0.05) is 24.9 Å². The van der Waals surface area contributed by atoms with Crippen molar-refractivity contribution >= 4 is 23.6 Å². The summed E-state index contributed by atoms with van der Waals surface area (Å²) in [5, 5.41) is 2.88. The molecule has 5 rings (SSSR count). The highest BCUT2D eigenvalue weighted by molar-refractivity contribution is 5.98. The van der Waals surface area contributed by atoms with Gasteiger partial charge in [-0.3, -0.25) is 14.4 Å². The van der Waals surface area contributed by atoms with Gasteiger partial charge in [0.1, 0.15) is 25.0 Å². The van der Waals surface area contributed by atoms with Gasteiger partial charge < -0.3 is 19.7 Å². The van der Waals surface area contributed by atoms with E-state index in [4.69, 9.17) is 9.47 Å². The third kappa shape index (κ3) is 9.14. The van der Waals surface area contributed by atoms with E-state index in [9.17, 15) is 19.2 Å². The Labute approximate surface area is 269 Å². The number of nitrogens with zero attached hydrogens (tertiary/aromatic N) is 1. The zero-order valence-corrected chi connectivity index (χ0v) is 25.7. The standard InChI is InChI=1S/C38H38N2O6/c41-35(22-23-36(42)40-24-10-17-34(40)38(44)46-27-30-13-6-2-7-14-30)33(39-37(43)31-15-8-3-9-16-31)25-28-18-20-32(21-19-28)45-26-29-11-4-1-5-12-29/h1-9,11-16,18-21,33-34H,10,17,22-27H2,(H,39,43)/t33?,34-/m0/s1. The Hall–Kier alpha value is -5.24. The van der Waals surface area contributed by atoms with Crippen LogP contribution in [0.2, 0.25) is 0 Å².